The van der Waals surface area contributed by atoms with Crippen molar-refractivity contribution in [3.63, 3.8) is 0 Å². The zero-order chi connectivity index (χ0) is 11.5. The topological polar surface area (TPSA) is 62.7 Å². The Hall–Kier alpha value is -1.49. The van der Waals surface area contributed by atoms with Crippen LogP contribution in [0.4, 0.5) is 4.79 Å². The lowest BCUT2D eigenvalue weighted by Crippen LogP contribution is -2.29. The van der Waals surface area contributed by atoms with Gasteiger partial charge in [-0.15, -0.1) is 0 Å². The Balaban J connectivity index is 1.92. The van der Waals surface area contributed by atoms with Crippen LogP contribution in [0.15, 0.2) is 18.3 Å². The third-order valence-electron chi connectivity index (χ3n) is 2.40. The molecule has 0 saturated carbocycles. The number of halogens is 1. The highest BCUT2D eigenvalue weighted by Crippen LogP contribution is 2.17. The van der Waals surface area contributed by atoms with Crippen molar-refractivity contribution in [2.75, 3.05) is 13.1 Å². The number of aromatic nitrogens is 1. The quantitative estimate of drug-likeness (QED) is 0.860. The van der Waals surface area contributed by atoms with Gasteiger partial charge in [-0.2, -0.15) is 0 Å². The van der Waals surface area contributed by atoms with Gasteiger partial charge in [0.25, 0.3) is 0 Å². The van der Waals surface area contributed by atoms with Gasteiger partial charge in [0.1, 0.15) is 6.10 Å². The summed E-state index contributed by atoms with van der Waals surface area (Å²) in [6.07, 6.45) is 1.16. The highest BCUT2D eigenvalue weighted by molar-refractivity contribution is 6.30. The van der Waals surface area contributed by atoms with E-state index in [1.54, 1.807) is 12.1 Å². The average molecular weight is 243 g/mol. The number of pyridine rings is 1. The molecule has 1 aromatic heterocycles. The van der Waals surface area contributed by atoms with E-state index in [1.807, 2.05) is 0 Å². The van der Waals surface area contributed by atoms with Gasteiger partial charge < -0.3 is 14.7 Å². The molecule has 86 valence electrons. The summed E-state index contributed by atoms with van der Waals surface area (Å²) in [6, 6.07) is 3.36. The van der Waals surface area contributed by atoms with Gasteiger partial charge in [-0.05, 0) is 6.07 Å². The van der Waals surface area contributed by atoms with E-state index in [-0.39, 0.29) is 6.10 Å². The number of hydrogen-bond donors (Lipinski definition) is 1. The first kappa shape index (κ1) is 11.0. The first-order valence-corrected chi connectivity index (χ1v) is 5.29. The number of amides is 1. The summed E-state index contributed by atoms with van der Waals surface area (Å²) in [5.41, 5.74) is 0. The summed E-state index contributed by atoms with van der Waals surface area (Å²) >= 11 is 5.69. The minimum absolute atomic E-state index is 0.121. The van der Waals surface area contributed by atoms with Crippen molar-refractivity contribution in [1.82, 2.24) is 9.88 Å². The Morgan fingerprint density at radius 3 is 3.00 bits per heavy atom. The van der Waals surface area contributed by atoms with Gasteiger partial charge in [-0.3, -0.25) is 0 Å². The Bertz CT molecular complexity index is 382. The average Bonchev–Trinajstić information content (AvgIpc) is 2.70. The SMILES string of the molecule is O=C(O)N1CC[C@H](Oc2ccc(Cl)cn2)C1. The fraction of sp³-hybridized carbons (Fsp3) is 0.400. The molecule has 1 amide bonds. The second-order valence-corrected chi connectivity index (χ2v) is 4.01. The number of rotatable bonds is 2. The van der Waals surface area contributed by atoms with Gasteiger partial charge in [0, 0.05) is 25.2 Å². The maximum absolute atomic E-state index is 10.7. The van der Waals surface area contributed by atoms with E-state index in [9.17, 15) is 4.79 Å². The smallest absolute Gasteiger partial charge is 0.407 e. The Kier molecular flexibility index (Phi) is 3.14. The molecule has 1 fully saturated rings. The van der Waals surface area contributed by atoms with Crippen LogP contribution in [0.2, 0.25) is 5.02 Å². The third kappa shape index (κ3) is 2.55. The fourth-order valence-corrected chi connectivity index (χ4v) is 1.71. The van der Waals surface area contributed by atoms with Gasteiger partial charge in [-0.1, -0.05) is 11.6 Å². The molecule has 0 spiro atoms. The lowest BCUT2D eigenvalue weighted by atomic mass is 10.3. The van der Waals surface area contributed by atoms with Crippen LogP contribution < -0.4 is 4.74 Å². The molecule has 1 aromatic rings. The predicted octanol–water partition coefficient (Wildman–Crippen LogP) is 1.87. The molecule has 6 heteroatoms. The van der Waals surface area contributed by atoms with Crippen molar-refractivity contribution >= 4 is 17.7 Å². The first-order chi connectivity index (χ1) is 7.65. The summed E-state index contributed by atoms with van der Waals surface area (Å²) in [4.78, 5) is 16.0. The second kappa shape index (κ2) is 4.57. The summed E-state index contributed by atoms with van der Waals surface area (Å²) in [6.45, 7) is 0.896. The second-order valence-electron chi connectivity index (χ2n) is 3.57. The van der Waals surface area contributed by atoms with Crippen LogP contribution >= 0.6 is 11.6 Å². The van der Waals surface area contributed by atoms with Crippen LogP contribution in [0, 0.1) is 0 Å². The van der Waals surface area contributed by atoms with Crippen LogP contribution in [0.1, 0.15) is 6.42 Å². The van der Waals surface area contributed by atoms with Crippen LogP contribution in [0.5, 0.6) is 5.88 Å². The molecule has 0 aliphatic carbocycles. The van der Waals surface area contributed by atoms with Crippen molar-refractivity contribution in [3.8, 4) is 5.88 Å². The summed E-state index contributed by atoms with van der Waals surface area (Å²) in [5.74, 6) is 0.474. The molecule has 0 aromatic carbocycles. The first-order valence-electron chi connectivity index (χ1n) is 4.91. The van der Waals surface area contributed by atoms with E-state index in [0.717, 1.165) is 0 Å². The third-order valence-corrected chi connectivity index (χ3v) is 2.63. The lowest BCUT2D eigenvalue weighted by Gasteiger charge is -2.13. The maximum Gasteiger partial charge on any atom is 0.407 e. The van der Waals surface area contributed by atoms with Crippen LogP contribution in [-0.2, 0) is 0 Å². The molecule has 1 saturated heterocycles. The van der Waals surface area contributed by atoms with Gasteiger partial charge in [0.05, 0.1) is 11.6 Å². The zero-order valence-electron chi connectivity index (χ0n) is 8.47. The largest absolute Gasteiger partial charge is 0.472 e. The number of carboxylic acid groups (broad SMARTS) is 1. The Morgan fingerprint density at radius 1 is 1.62 bits per heavy atom. The summed E-state index contributed by atoms with van der Waals surface area (Å²) < 4.78 is 5.54. The van der Waals surface area contributed by atoms with Gasteiger partial charge in [-0.25, -0.2) is 9.78 Å². The van der Waals surface area contributed by atoms with Crippen LogP contribution in [-0.4, -0.2) is 40.3 Å². The van der Waals surface area contributed by atoms with Crippen molar-refractivity contribution in [2.24, 2.45) is 0 Å². The van der Waals surface area contributed by atoms with E-state index in [0.29, 0.717) is 30.4 Å². The molecule has 0 radical (unpaired) electrons. The lowest BCUT2D eigenvalue weighted by molar-refractivity contribution is 0.144. The standard InChI is InChI=1S/C10H11ClN2O3/c11-7-1-2-9(12-5-7)16-8-3-4-13(6-8)10(14)15/h1-2,5,8H,3-4,6H2,(H,14,15)/t8-/m0/s1. The number of nitrogens with zero attached hydrogens (tertiary/aromatic N) is 2. The highest BCUT2D eigenvalue weighted by Gasteiger charge is 2.27. The summed E-state index contributed by atoms with van der Waals surface area (Å²) in [5, 5.41) is 9.32. The van der Waals surface area contributed by atoms with Crippen molar-refractivity contribution < 1.29 is 14.6 Å². The molecule has 16 heavy (non-hydrogen) atoms. The maximum atomic E-state index is 10.7. The van der Waals surface area contributed by atoms with E-state index >= 15 is 0 Å². The number of carbonyl (C=O) groups is 1. The van der Waals surface area contributed by atoms with Gasteiger partial charge in [0.2, 0.25) is 5.88 Å². The Labute approximate surface area is 97.6 Å². The van der Waals surface area contributed by atoms with Gasteiger partial charge >= 0.3 is 6.09 Å². The van der Waals surface area contributed by atoms with Gasteiger partial charge in [0.15, 0.2) is 0 Å². The van der Waals surface area contributed by atoms with Crippen molar-refractivity contribution in [3.05, 3.63) is 23.4 Å². The minimum atomic E-state index is -0.907. The molecule has 2 rings (SSSR count). The van der Waals surface area contributed by atoms with E-state index in [2.05, 4.69) is 4.98 Å². The number of likely N-dealkylation sites (tertiary alicyclic amines) is 1. The van der Waals surface area contributed by atoms with Crippen LogP contribution in [0.25, 0.3) is 0 Å². The number of ether oxygens (including phenoxy) is 1. The molecule has 1 aliphatic rings. The molecule has 0 unspecified atom stereocenters. The summed E-state index contributed by atoms with van der Waals surface area (Å²) in [7, 11) is 0. The normalized spacial score (nSPS) is 19.8. The van der Waals surface area contributed by atoms with E-state index in [1.165, 1.54) is 11.1 Å². The van der Waals surface area contributed by atoms with Crippen molar-refractivity contribution in [2.45, 2.75) is 12.5 Å². The van der Waals surface area contributed by atoms with E-state index in [4.69, 9.17) is 21.4 Å². The predicted molar refractivity (Wildman–Crippen MR) is 57.9 cm³/mol. The van der Waals surface area contributed by atoms with Crippen LogP contribution in [0.3, 0.4) is 0 Å². The monoisotopic (exact) mass is 242 g/mol. The minimum Gasteiger partial charge on any atom is -0.472 e. The van der Waals surface area contributed by atoms with E-state index < -0.39 is 6.09 Å². The molecular weight excluding hydrogens is 232 g/mol. The molecule has 5 nitrogen and oxygen atoms in total. The molecule has 0 bridgehead atoms. The molecule has 2 heterocycles. The zero-order valence-corrected chi connectivity index (χ0v) is 9.22. The van der Waals surface area contributed by atoms with Crippen molar-refractivity contribution in [1.29, 1.82) is 0 Å². The molecule has 1 aliphatic heterocycles. The molecule has 1 atom stereocenters. The number of hydrogen-bond acceptors (Lipinski definition) is 3. The molecular formula is C10H11ClN2O3. The Morgan fingerprint density at radius 2 is 2.44 bits per heavy atom. The highest BCUT2D eigenvalue weighted by atomic mass is 35.5. The fourth-order valence-electron chi connectivity index (χ4n) is 1.60. The molecule has 1 N–H and O–H groups in total.